The van der Waals surface area contributed by atoms with Crippen LogP contribution in [0, 0.1) is 0 Å². The Balaban J connectivity index is 3.07. The highest BCUT2D eigenvalue weighted by atomic mass is 16.6. The summed E-state index contributed by atoms with van der Waals surface area (Å²) in [5.74, 6) is -0.969. The maximum Gasteiger partial charge on any atom is 0.416 e. The molecule has 19 heavy (non-hydrogen) atoms. The van der Waals surface area contributed by atoms with Crippen molar-refractivity contribution < 1.29 is 19.4 Å². The Morgan fingerprint density at radius 2 is 2.05 bits per heavy atom. The average molecular weight is 267 g/mol. The van der Waals surface area contributed by atoms with Gasteiger partial charge in [-0.3, -0.25) is 0 Å². The number of carbonyl (C=O) groups is 2. The van der Waals surface area contributed by atoms with Crippen LogP contribution in [0.2, 0.25) is 0 Å². The van der Waals surface area contributed by atoms with Crippen molar-refractivity contribution in [2.45, 2.75) is 39.3 Å². The van der Waals surface area contributed by atoms with Gasteiger partial charge in [-0.2, -0.15) is 0 Å². The lowest BCUT2D eigenvalue weighted by atomic mass is 10.2. The summed E-state index contributed by atoms with van der Waals surface area (Å²) in [5, 5.41) is 9.07. The molecule has 0 saturated carbocycles. The lowest BCUT2D eigenvalue weighted by Crippen LogP contribution is -2.46. The summed E-state index contributed by atoms with van der Waals surface area (Å²) in [6.07, 6.45) is 1.90. The van der Waals surface area contributed by atoms with E-state index in [1.165, 1.54) is 25.5 Å². The van der Waals surface area contributed by atoms with E-state index >= 15 is 0 Å². The summed E-state index contributed by atoms with van der Waals surface area (Å²) in [6, 6.07) is 0.355. The first kappa shape index (κ1) is 14.9. The fourth-order valence-electron chi connectivity index (χ4n) is 1.30. The number of anilines is 1. The molecule has 1 amide bonds. The van der Waals surface area contributed by atoms with Gasteiger partial charge in [-0.25, -0.2) is 24.5 Å². The van der Waals surface area contributed by atoms with Crippen molar-refractivity contribution in [1.29, 1.82) is 0 Å². The van der Waals surface area contributed by atoms with E-state index in [1.807, 2.05) is 0 Å². The van der Waals surface area contributed by atoms with Gasteiger partial charge in [0.1, 0.15) is 23.8 Å². The van der Waals surface area contributed by atoms with Crippen LogP contribution in [0.1, 0.15) is 27.7 Å². The van der Waals surface area contributed by atoms with Crippen LogP contribution in [0.4, 0.5) is 10.6 Å². The molecule has 0 aromatic carbocycles. The molecule has 1 aromatic rings. The number of ether oxygens (including phenoxy) is 1. The molecular formula is C12H17N3O4. The van der Waals surface area contributed by atoms with Gasteiger partial charge in [-0.05, 0) is 33.8 Å². The van der Waals surface area contributed by atoms with Gasteiger partial charge in [0.25, 0.3) is 0 Å². The zero-order chi connectivity index (χ0) is 14.6. The second kappa shape index (κ2) is 5.64. The molecule has 1 heterocycles. The standard InChI is InChI=1S/C12H17N3O4/c1-8(10(16)17)15(9-5-6-13-7-14-9)11(18)19-12(2,3)4/h5-8H,1-4H3,(H,16,17)/t8-/m0/s1. The van der Waals surface area contributed by atoms with E-state index < -0.39 is 23.7 Å². The quantitative estimate of drug-likeness (QED) is 0.895. The number of rotatable bonds is 3. The lowest BCUT2D eigenvalue weighted by Gasteiger charge is -2.28. The first-order valence-corrected chi connectivity index (χ1v) is 5.73. The molecule has 1 aromatic heterocycles. The van der Waals surface area contributed by atoms with Crippen LogP contribution in [0.15, 0.2) is 18.6 Å². The summed E-state index contributed by atoms with van der Waals surface area (Å²) in [7, 11) is 0. The Hall–Kier alpha value is -2.18. The third-order valence-electron chi connectivity index (χ3n) is 2.15. The molecule has 0 bridgehead atoms. The molecule has 7 heteroatoms. The highest BCUT2D eigenvalue weighted by Gasteiger charge is 2.31. The summed E-state index contributed by atoms with van der Waals surface area (Å²) in [4.78, 5) is 31.8. The number of carbonyl (C=O) groups excluding carboxylic acids is 1. The summed E-state index contributed by atoms with van der Waals surface area (Å²) >= 11 is 0. The third kappa shape index (κ3) is 4.20. The Kier molecular flexibility index (Phi) is 4.42. The summed E-state index contributed by atoms with van der Waals surface area (Å²) in [6.45, 7) is 6.49. The number of nitrogens with zero attached hydrogens (tertiary/aromatic N) is 3. The van der Waals surface area contributed by atoms with Crippen LogP contribution in [0.3, 0.4) is 0 Å². The minimum absolute atomic E-state index is 0.180. The topological polar surface area (TPSA) is 92.6 Å². The lowest BCUT2D eigenvalue weighted by molar-refractivity contribution is -0.138. The number of carboxylic acid groups (broad SMARTS) is 1. The molecule has 1 atom stereocenters. The normalized spacial score (nSPS) is 12.6. The van der Waals surface area contributed by atoms with Crippen LogP contribution in [0.5, 0.6) is 0 Å². The smallest absolute Gasteiger partial charge is 0.416 e. The first-order valence-electron chi connectivity index (χ1n) is 5.73. The van der Waals surface area contributed by atoms with E-state index in [1.54, 1.807) is 20.8 Å². The van der Waals surface area contributed by atoms with E-state index in [-0.39, 0.29) is 5.82 Å². The third-order valence-corrected chi connectivity index (χ3v) is 2.15. The molecule has 1 N–H and O–H groups in total. The molecule has 0 aliphatic heterocycles. The van der Waals surface area contributed by atoms with Crippen LogP contribution in [-0.4, -0.2) is 38.8 Å². The predicted molar refractivity (Wildman–Crippen MR) is 67.8 cm³/mol. The molecule has 1 rings (SSSR count). The minimum atomic E-state index is -1.15. The van der Waals surface area contributed by atoms with Crippen molar-refractivity contribution in [1.82, 2.24) is 9.97 Å². The monoisotopic (exact) mass is 267 g/mol. The van der Waals surface area contributed by atoms with E-state index in [2.05, 4.69) is 9.97 Å². The highest BCUT2D eigenvalue weighted by molar-refractivity contribution is 5.94. The maximum atomic E-state index is 12.1. The maximum absolute atomic E-state index is 12.1. The predicted octanol–water partition coefficient (Wildman–Crippen LogP) is 1.69. The summed E-state index contributed by atoms with van der Waals surface area (Å²) < 4.78 is 5.19. The van der Waals surface area contributed by atoms with E-state index in [4.69, 9.17) is 9.84 Å². The molecule has 0 aliphatic rings. The molecule has 0 saturated heterocycles. The molecule has 0 fully saturated rings. The van der Waals surface area contributed by atoms with Gasteiger partial charge < -0.3 is 9.84 Å². The second-order valence-electron chi connectivity index (χ2n) is 4.93. The summed E-state index contributed by atoms with van der Waals surface area (Å²) in [5.41, 5.74) is -0.722. The first-order chi connectivity index (χ1) is 8.72. The van der Waals surface area contributed by atoms with Gasteiger partial charge in [0.05, 0.1) is 0 Å². The van der Waals surface area contributed by atoms with E-state index in [0.29, 0.717) is 0 Å². The zero-order valence-electron chi connectivity index (χ0n) is 11.3. The average Bonchev–Trinajstić information content (AvgIpc) is 2.28. The Bertz CT molecular complexity index is 456. The van der Waals surface area contributed by atoms with Crippen LogP contribution in [-0.2, 0) is 9.53 Å². The second-order valence-corrected chi connectivity index (χ2v) is 4.93. The molecule has 0 spiro atoms. The molecule has 0 aliphatic carbocycles. The Morgan fingerprint density at radius 1 is 1.42 bits per heavy atom. The van der Waals surface area contributed by atoms with Gasteiger partial charge in [-0.1, -0.05) is 0 Å². The van der Waals surface area contributed by atoms with Crippen LogP contribution < -0.4 is 4.90 Å². The number of aromatic nitrogens is 2. The molecule has 7 nitrogen and oxygen atoms in total. The van der Waals surface area contributed by atoms with E-state index in [9.17, 15) is 9.59 Å². The van der Waals surface area contributed by atoms with Gasteiger partial charge >= 0.3 is 12.1 Å². The number of amides is 1. The van der Waals surface area contributed by atoms with Crippen LogP contribution in [0.25, 0.3) is 0 Å². The molecular weight excluding hydrogens is 250 g/mol. The molecule has 104 valence electrons. The zero-order valence-corrected chi connectivity index (χ0v) is 11.3. The fourth-order valence-corrected chi connectivity index (χ4v) is 1.30. The van der Waals surface area contributed by atoms with Gasteiger partial charge in [0.15, 0.2) is 0 Å². The molecule has 0 unspecified atom stereocenters. The van der Waals surface area contributed by atoms with Crippen molar-refractivity contribution in [3.63, 3.8) is 0 Å². The number of aliphatic carboxylic acids is 1. The van der Waals surface area contributed by atoms with Crippen molar-refractivity contribution >= 4 is 17.9 Å². The largest absolute Gasteiger partial charge is 0.480 e. The number of hydrogen-bond acceptors (Lipinski definition) is 5. The van der Waals surface area contributed by atoms with Crippen molar-refractivity contribution in [2.75, 3.05) is 4.90 Å². The van der Waals surface area contributed by atoms with Crippen molar-refractivity contribution in [3.8, 4) is 0 Å². The Morgan fingerprint density at radius 3 is 2.47 bits per heavy atom. The fraction of sp³-hybridized carbons (Fsp3) is 0.500. The van der Waals surface area contributed by atoms with Gasteiger partial charge in [0, 0.05) is 6.20 Å². The van der Waals surface area contributed by atoms with Crippen molar-refractivity contribution in [2.24, 2.45) is 0 Å². The minimum Gasteiger partial charge on any atom is -0.480 e. The number of hydrogen-bond donors (Lipinski definition) is 1. The Labute approximate surface area is 111 Å². The van der Waals surface area contributed by atoms with Gasteiger partial charge in [-0.15, -0.1) is 0 Å². The SMILES string of the molecule is C[C@@H](C(=O)O)N(C(=O)OC(C)(C)C)c1ccncn1. The highest BCUT2D eigenvalue weighted by Crippen LogP contribution is 2.18. The number of carboxylic acids is 1. The van der Waals surface area contributed by atoms with Gasteiger partial charge in [0.2, 0.25) is 0 Å². The van der Waals surface area contributed by atoms with Crippen molar-refractivity contribution in [3.05, 3.63) is 18.6 Å². The van der Waals surface area contributed by atoms with Crippen LogP contribution >= 0.6 is 0 Å². The van der Waals surface area contributed by atoms with E-state index in [0.717, 1.165) is 4.90 Å². The molecule has 0 radical (unpaired) electrons.